The third-order valence-electron chi connectivity index (χ3n) is 4.35. The predicted octanol–water partition coefficient (Wildman–Crippen LogP) is 3.52. The van der Waals surface area contributed by atoms with E-state index in [2.05, 4.69) is 42.4 Å². The summed E-state index contributed by atoms with van der Waals surface area (Å²) in [6.45, 7) is 11.4. The van der Waals surface area contributed by atoms with Crippen LogP contribution in [0.4, 0.5) is 0 Å². The van der Waals surface area contributed by atoms with E-state index in [0.29, 0.717) is 29.4 Å². The molecular weight excluding hydrogens is 348 g/mol. The Hall–Kier alpha value is -2.15. The molecule has 0 aliphatic rings. The predicted molar refractivity (Wildman–Crippen MR) is 105 cm³/mol. The maximum atomic E-state index is 12.3. The normalized spacial score (nSPS) is 12.2. The second-order valence-electron chi connectivity index (χ2n) is 6.66. The number of carbonyl (C=O) groups excluding carboxylic acids is 1. The van der Waals surface area contributed by atoms with E-state index in [0.717, 1.165) is 12.4 Å². The summed E-state index contributed by atoms with van der Waals surface area (Å²) >= 11 is 5.16. The molecule has 0 saturated heterocycles. The Bertz CT molecular complexity index is 810. The molecule has 26 heavy (non-hydrogen) atoms. The Morgan fingerprint density at radius 3 is 2.73 bits per heavy atom. The highest BCUT2D eigenvalue weighted by Crippen LogP contribution is 2.24. The number of amides is 1. The largest absolute Gasteiger partial charge is 0.481 e. The zero-order valence-corrected chi connectivity index (χ0v) is 16.9. The summed E-state index contributed by atoms with van der Waals surface area (Å²) in [6.07, 6.45) is 0.0491. The lowest BCUT2D eigenvalue weighted by atomic mass is 9.98. The highest BCUT2D eigenvalue weighted by atomic mass is 32.1. The molecule has 2 aromatic rings. The first-order valence-electron chi connectivity index (χ1n) is 9.02. The van der Waals surface area contributed by atoms with Gasteiger partial charge < -0.3 is 14.6 Å². The molecule has 0 spiro atoms. The van der Waals surface area contributed by atoms with Crippen molar-refractivity contribution in [3.63, 3.8) is 0 Å². The smallest absolute Gasteiger partial charge is 0.260 e. The van der Waals surface area contributed by atoms with Gasteiger partial charge in [-0.3, -0.25) is 9.89 Å². The summed E-state index contributed by atoms with van der Waals surface area (Å²) in [5.74, 6) is 1.87. The molecule has 2 rings (SSSR count). The number of hydrogen-bond acceptors (Lipinski definition) is 4. The number of aromatic nitrogens is 3. The fourth-order valence-electron chi connectivity index (χ4n) is 2.94. The molecule has 1 heterocycles. The minimum Gasteiger partial charge on any atom is -0.481 e. The number of rotatable bonds is 8. The quantitative estimate of drug-likeness (QED) is 0.692. The second kappa shape index (κ2) is 8.98. The summed E-state index contributed by atoms with van der Waals surface area (Å²) in [5, 5.41) is 9.86. The second-order valence-corrected chi connectivity index (χ2v) is 7.05. The van der Waals surface area contributed by atoms with Gasteiger partial charge in [-0.25, -0.2) is 0 Å². The molecule has 7 heteroatoms. The van der Waals surface area contributed by atoms with Crippen LogP contribution in [0, 0.1) is 11.7 Å². The molecule has 0 saturated carbocycles. The van der Waals surface area contributed by atoms with Gasteiger partial charge in [0, 0.05) is 19.5 Å². The van der Waals surface area contributed by atoms with E-state index in [1.165, 1.54) is 11.1 Å². The third kappa shape index (κ3) is 4.94. The lowest BCUT2D eigenvalue weighted by Crippen LogP contribution is -2.37. The van der Waals surface area contributed by atoms with Crippen LogP contribution in [0.25, 0.3) is 0 Å². The van der Waals surface area contributed by atoms with Crippen LogP contribution in [-0.4, -0.2) is 33.3 Å². The molecule has 0 bridgehead atoms. The van der Waals surface area contributed by atoms with Gasteiger partial charge in [-0.2, -0.15) is 5.10 Å². The first-order valence-corrected chi connectivity index (χ1v) is 9.43. The summed E-state index contributed by atoms with van der Waals surface area (Å²) in [7, 11) is 0. The molecular formula is C19H28N4O2S. The minimum absolute atomic E-state index is 0.146. The summed E-state index contributed by atoms with van der Waals surface area (Å²) in [5.41, 5.74) is 2.46. The van der Waals surface area contributed by atoms with Crippen LogP contribution in [0.15, 0.2) is 18.2 Å². The average molecular weight is 377 g/mol. The van der Waals surface area contributed by atoms with Crippen molar-refractivity contribution in [1.29, 1.82) is 0 Å². The Morgan fingerprint density at radius 1 is 1.38 bits per heavy atom. The van der Waals surface area contributed by atoms with Gasteiger partial charge in [0.1, 0.15) is 11.6 Å². The monoisotopic (exact) mass is 376 g/mol. The number of ether oxygens (including phenoxy) is 1. The third-order valence-corrected chi connectivity index (χ3v) is 4.66. The summed E-state index contributed by atoms with van der Waals surface area (Å²) in [6, 6.07) is 5.97. The first-order chi connectivity index (χ1) is 12.3. The topological polar surface area (TPSA) is 71.9 Å². The van der Waals surface area contributed by atoms with Gasteiger partial charge in [0.15, 0.2) is 10.9 Å². The number of nitrogens with one attached hydrogen (secondary N) is 2. The average Bonchev–Trinajstić information content (AvgIpc) is 2.94. The molecule has 1 aromatic heterocycles. The lowest BCUT2D eigenvalue weighted by Gasteiger charge is -2.17. The van der Waals surface area contributed by atoms with Crippen molar-refractivity contribution < 1.29 is 9.53 Å². The van der Waals surface area contributed by atoms with E-state index in [9.17, 15) is 4.79 Å². The van der Waals surface area contributed by atoms with E-state index >= 15 is 0 Å². The molecule has 1 aromatic carbocycles. The van der Waals surface area contributed by atoms with Crippen LogP contribution in [-0.2, 0) is 17.8 Å². The van der Waals surface area contributed by atoms with Crippen molar-refractivity contribution in [3.05, 3.63) is 39.9 Å². The van der Waals surface area contributed by atoms with Crippen molar-refractivity contribution in [1.82, 2.24) is 20.1 Å². The van der Waals surface area contributed by atoms with E-state index in [1.807, 2.05) is 23.6 Å². The molecule has 1 unspecified atom stereocenters. The standard InChI is InChI=1S/C19H28N4O2S/c1-6-23-17(21-22-19(23)26)9-10-20-18(24)14(5)25-15-7-8-16(12(2)3)13(4)11-15/h7-8,11-12,14H,6,9-10H2,1-5H3,(H,20,24)(H,22,26). The van der Waals surface area contributed by atoms with E-state index in [4.69, 9.17) is 17.0 Å². The molecule has 1 amide bonds. The van der Waals surface area contributed by atoms with Crippen molar-refractivity contribution in [3.8, 4) is 5.75 Å². The van der Waals surface area contributed by atoms with Gasteiger partial charge >= 0.3 is 0 Å². The SMILES string of the molecule is CCn1c(CCNC(=O)C(C)Oc2ccc(C(C)C)c(C)c2)n[nH]c1=S. The molecule has 0 aliphatic heterocycles. The van der Waals surface area contributed by atoms with Gasteiger partial charge in [-0.15, -0.1) is 0 Å². The summed E-state index contributed by atoms with van der Waals surface area (Å²) < 4.78 is 8.31. The van der Waals surface area contributed by atoms with Crippen molar-refractivity contribution in [2.75, 3.05) is 6.54 Å². The van der Waals surface area contributed by atoms with E-state index < -0.39 is 6.10 Å². The van der Waals surface area contributed by atoms with Crippen molar-refractivity contribution in [2.24, 2.45) is 0 Å². The first kappa shape index (κ1) is 20.2. The highest BCUT2D eigenvalue weighted by molar-refractivity contribution is 7.71. The fraction of sp³-hybridized carbons (Fsp3) is 0.526. The van der Waals surface area contributed by atoms with Crippen LogP contribution < -0.4 is 10.1 Å². The van der Waals surface area contributed by atoms with Crippen LogP contribution in [0.3, 0.4) is 0 Å². The maximum absolute atomic E-state index is 12.3. The fourth-order valence-corrected chi connectivity index (χ4v) is 3.22. The van der Waals surface area contributed by atoms with Gasteiger partial charge in [-0.1, -0.05) is 19.9 Å². The number of aromatic amines is 1. The van der Waals surface area contributed by atoms with E-state index in [-0.39, 0.29) is 5.91 Å². The molecule has 6 nitrogen and oxygen atoms in total. The number of H-pyrrole nitrogens is 1. The van der Waals surface area contributed by atoms with Crippen LogP contribution in [0.2, 0.25) is 0 Å². The van der Waals surface area contributed by atoms with Crippen LogP contribution in [0.1, 0.15) is 50.6 Å². The molecule has 142 valence electrons. The van der Waals surface area contributed by atoms with Crippen LogP contribution >= 0.6 is 12.2 Å². The van der Waals surface area contributed by atoms with Gasteiger partial charge in [0.05, 0.1) is 0 Å². The zero-order chi connectivity index (χ0) is 19.3. The number of hydrogen-bond donors (Lipinski definition) is 2. The van der Waals surface area contributed by atoms with Crippen molar-refractivity contribution >= 4 is 18.1 Å². The van der Waals surface area contributed by atoms with Gasteiger partial charge in [0.2, 0.25) is 0 Å². The molecule has 0 radical (unpaired) electrons. The molecule has 1 atom stereocenters. The van der Waals surface area contributed by atoms with Crippen molar-refractivity contribution in [2.45, 2.75) is 59.6 Å². The van der Waals surface area contributed by atoms with Gasteiger partial charge in [0.25, 0.3) is 5.91 Å². The molecule has 0 fully saturated rings. The Balaban J connectivity index is 1.87. The highest BCUT2D eigenvalue weighted by Gasteiger charge is 2.15. The Kier molecular flexibility index (Phi) is 6.97. The van der Waals surface area contributed by atoms with E-state index in [1.54, 1.807) is 6.92 Å². The number of aryl methyl sites for hydroxylation is 1. The Morgan fingerprint density at radius 2 is 2.12 bits per heavy atom. The number of carbonyl (C=O) groups is 1. The molecule has 0 aliphatic carbocycles. The number of nitrogens with zero attached hydrogens (tertiary/aromatic N) is 2. The minimum atomic E-state index is -0.564. The van der Waals surface area contributed by atoms with Crippen LogP contribution in [0.5, 0.6) is 5.75 Å². The number of benzene rings is 1. The van der Waals surface area contributed by atoms with Gasteiger partial charge in [-0.05, 0) is 62.2 Å². The zero-order valence-electron chi connectivity index (χ0n) is 16.1. The lowest BCUT2D eigenvalue weighted by molar-refractivity contribution is -0.127. The summed E-state index contributed by atoms with van der Waals surface area (Å²) in [4.78, 5) is 12.3. The Labute approximate surface area is 160 Å². The molecule has 2 N–H and O–H groups in total. The maximum Gasteiger partial charge on any atom is 0.260 e.